The molecule has 13 heteroatoms. The topological polar surface area (TPSA) is 156 Å². The van der Waals surface area contributed by atoms with Crippen LogP contribution in [0.2, 0.25) is 0 Å². The number of ether oxygens (including phenoxy) is 1. The quantitative estimate of drug-likeness (QED) is 0.293. The second kappa shape index (κ2) is 11.0. The minimum Gasteiger partial charge on any atom is -0.469 e. The van der Waals surface area contributed by atoms with E-state index >= 15 is 0 Å². The molecule has 1 aliphatic heterocycles. The number of nitrogens with one attached hydrogen (secondary N) is 1. The number of hydrogen-bond donors (Lipinski definition) is 1. The van der Waals surface area contributed by atoms with Crippen molar-refractivity contribution in [1.29, 1.82) is 5.26 Å². The number of rotatable bonds is 7. The van der Waals surface area contributed by atoms with Crippen LogP contribution >= 0.6 is 0 Å². The summed E-state index contributed by atoms with van der Waals surface area (Å²) >= 11 is 0. The molecule has 1 amide bonds. The van der Waals surface area contributed by atoms with Crippen molar-refractivity contribution in [2.24, 2.45) is 5.92 Å². The largest absolute Gasteiger partial charge is 0.469 e. The van der Waals surface area contributed by atoms with Crippen LogP contribution in [0.3, 0.4) is 0 Å². The zero-order valence-corrected chi connectivity index (χ0v) is 23.3. The van der Waals surface area contributed by atoms with Gasteiger partial charge in [-0.3, -0.25) is 4.79 Å². The van der Waals surface area contributed by atoms with Crippen LogP contribution in [0.1, 0.15) is 23.3 Å². The third-order valence-corrected chi connectivity index (χ3v) is 7.44. The molecule has 1 aromatic carbocycles. The third kappa shape index (κ3) is 5.52. The van der Waals surface area contributed by atoms with E-state index in [0.29, 0.717) is 28.0 Å². The lowest BCUT2D eigenvalue weighted by Gasteiger charge is -2.30. The molecular formula is C29H25N7O5S. The number of sulfonamides is 1. The zero-order valence-electron chi connectivity index (χ0n) is 22.5. The Morgan fingerprint density at radius 3 is 2.57 bits per heavy atom. The first kappa shape index (κ1) is 27.0. The summed E-state index contributed by atoms with van der Waals surface area (Å²) in [6.07, 6.45) is 7.03. The number of pyridine rings is 2. The number of piperidine rings is 1. The molecule has 5 aromatic rings. The minimum absolute atomic E-state index is 0.0527. The van der Waals surface area contributed by atoms with Crippen LogP contribution in [-0.4, -0.2) is 53.4 Å². The van der Waals surface area contributed by atoms with E-state index in [4.69, 9.17) is 9.15 Å². The summed E-state index contributed by atoms with van der Waals surface area (Å²) in [6, 6.07) is 18.4. The Balaban J connectivity index is 1.51. The molecule has 12 nitrogen and oxygen atoms in total. The predicted molar refractivity (Wildman–Crippen MR) is 154 cm³/mol. The SMILES string of the molecule is CS(=O)(=O)NC(=O)c1cc(-c2ccc(N3CCC(C#N)CC3)nc2)c2c(Oc3ccoc3)nn(-c3ccccc3)c2n1. The standard InChI is InChI=1S/C29H25N7O5S/c1-42(38,39)34-28(37)24-15-23(20-7-8-25(31-17-20)35-12-9-19(16-30)10-13-35)26-27(32-24)36(21-5-3-2-4-6-21)33-29(26)41-22-11-14-40-18-22/h2-8,11,14-15,17-19H,9-10,12-13H2,1H3,(H,34,37). The molecule has 1 N–H and O–H groups in total. The van der Waals surface area contributed by atoms with Crippen molar-refractivity contribution in [1.82, 2.24) is 24.5 Å². The molecule has 212 valence electrons. The summed E-state index contributed by atoms with van der Waals surface area (Å²) in [5, 5.41) is 14.4. The molecule has 6 rings (SSSR count). The van der Waals surface area contributed by atoms with Gasteiger partial charge in [-0.2, -0.15) is 5.26 Å². The van der Waals surface area contributed by atoms with Gasteiger partial charge in [-0.25, -0.2) is 27.8 Å². The Morgan fingerprint density at radius 1 is 1.14 bits per heavy atom. The molecule has 0 unspecified atom stereocenters. The van der Waals surface area contributed by atoms with Gasteiger partial charge in [0.2, 0.25) is 15.9 Å². The van der Waals surface area contributed by atoms with E-state index in [1.807, 2.05) is 47.2 Å². The molecule has 5 heterocycles. The van der Waals surface area contributed by atoms with E-state index < -0.39 is 15.9 Å². The lowest BCUT2D eigenvalue weighted by molar-refractivity contribution is 0.0977. The highest BCUT2D eigenvalue weighted by Gasteiger charge is 2.25. The summed E-state index contributed by atoms with van der Waals surface area (Å²) in [7, 11) is -3.85. The van der Waals surface area contributed by atoms with E-state index in [2.05, 4.69) is 26.0 Å². The van der Waals surface area contributed by atoms with Crippen LogP contribution in [0.4, 0.5) is 5.82 Å². The first-order valence-corrected chi connectivity index (χ1v) is 15.0. The van der Waals surface area contributed by atoms with Crippen molar-refractivity contribution < 1.29 is 22.4 Å². The number of aromatic nitrogens is 4. The molecule has 0 aliphatic carbocycles. The summed E-state index contributed by atoms with van der Waals surface area (Å²) in [6.45, 7) is 1.46. The van der Waals surface area contributed by atoms with Gasteiger partial charge in [0.25, 0.3) is 5.91 Å². The van der Waals surface area contributed by atoms with Gasteiger partial charge in [-0.05, 0) is 43.2 Å². The van der Waals surface area contributed by atoms with Gasteiger partial charge in [-0.15, -0.1) is 5.10 Å². The van der Waals surface area contributed by atoms with Crippen molar-refractivity contribution in [2.45, 2.75) is 12.8 Å². The summed E-state index contributed by atoms with van der Waals surface area (Å²) < 4.78 is 38.6. The van der Waals surface area contributed by atoms with Gasteiger partial charge in [0.05, 0.1) is 29.7 Å². The van der Waals surface area contributed by atoms with Crippen LogP contribution in [0.5, 0.6) is 11.6 Å². The summed E-state index contributed by atoms with van der Waals surface area (Å²) in [5.41, 5.74) is 1.95. The second-order valence-corrected chi connectivity index (χ2v) is 11.6. The number of furan rings is 1. The van der Waals surface area contributed by atoms with Crippen molar-refractivity contribution in [3.63, 3.8) is 0 Å². The monoisotopic (exact) mass is 583 g/mol. The number of carbonyl (C=O) groups is 1. The molecule has 1 fully saturated rings. The van der Waals surface area contributed by atoms with Gasteiger partial charge in [0.15, 0.2) is 11.4 Å². The van der Waals surface area contributed by atoms with Crippen LogP contribution in [0.15, 0.2) is 77.7 Å². The number of carbonyl (C=O) groups excluding carboxylic acids is 1. The van der Waals surface area contributed by atoms with Crippen LogP contribution in [0.25, 0.3) is 27.8 Å². The highest BCUT2D eigenvalue weighted by molar-refractivity contribution is 7.89. The Kier molecular flexibility index (Phi) is 7.05. The number of fused-ring (bicyclic) bond motifs is 1. The van der Waals surface area contributed by atoms with Gasteiger partial charge >= 0.3 is 0 Å². The number of para-hydroxylation sites is 1. The number of nitriles is 1. The van der Waals surface area contributed by atoms with E-state index in [9.17, 15) is 18.5 Å². The fourth-order valence-electron chi connectivity index (χ4n) is 4.86. The Labute approximate surface area is 241 Å². The summed E-state index contributed by atoms with van der Waals surface area (Å²) in [5.74, 6) is 0.551. The van der Waals surface area contributed by atoms with Crippen LogP contribution in [0, 0.1) is 17.2 Å². The molecular weight excluding hydrogens is 558 g/mol. The predicted octanol–water partition coefficient (Wildman–Crippen LogP) is 4.30. The van der Waals surface area contributed by atoms with Crippen molar-refractivity contribution in [3.05, 3.63) is 79.0 Å². The Bertz CT molecular complexity index is 1890. The van der Waals surface area contributed by atoms with Crippen molar-refractivity contribution >= 4 is 32.8 Å². The normalized spacial score (nSPS) is 14.0. The molecule has 0 radical (unpaired) electrons. The Morgan fingerprint density at radius 2 is 1.93 bits per heavy atom. The van der Waals surface area contributed by atoms with Crippen LogP contribution in [-0.2, 0) is 10.0 Å². The maximum absolute atomic E-state index is 13.0. The maximum Gasteiger partial charge on any atom is 0.283 e. The fourth-order valence-corrected chi connectivity index (χ4v) is 5.30. The molecule has 0 spiro atoms. The smallest absolute Gasteiger partial charge is 0.283 e. The lowest BCUT2D eigenvalue weighted by Crippen LogP contribution is -2.33. The van der Waals surface area contributed by atoms with Crippen molar-refractivity contribution in [2.75, 3.05) is 24.2 Å². The highest BCUT2D eigenvalue weighted by Crippen LogP contribution is 2.38. The van der Waals surface area contributed by atoms with Gasteiger partial charge in [0.1, 0.15) is 17.8 Å². The first-order chi connectivity index (χ1) is 20.3. The number of nitrogens with zero attached hydrogens (tertiary/aromatic N) is 6. The highest BCUT2D eigenvalue weighted by atomic mass is 32.2. The molecule has 0 bridgehead atoms. The summed E-state index contributed by atoms with van der Waals surface area (Å²) in [4.78, 5) is 24.4. The maximum atomic E-state index is 13.0. The average Bonchev–Trinajstić information content (AvgIpc) is 3.65. The van der Waals surface area contributed by atoms with Gasteiger partial charge in [-0.1, -0.05) is 18.2 Å². The minimum atomic E-state index is -3.85. The average molecular weight is 584 g/mol. The number of anilines is 1. The molecule has 42 heavy (non-hydrogen) atoms. The molecule has 0 atom stereocenters. The number of hydrogen-bond acceptors (Lipinski definition) is 10. The van der Waals surface area contributed by atoms with Crippen molar-refractivity contribution in [3.8, 4) is 34.5 Å². The number of benzene rings is 1. The molecule has 0 saturated carbocycles. The molecule has 1 aliphatic rings. The lowest BCUT2D eigenvalue weighted by atomic mass is 9.98. The van der Waals surface area contributed by atoms with Crippen LogP contribution < -0.4 is 14.4 Å². The van der Waals surface area contributed by atoms with E-state index in [0.717, 1.165) is 38.0 Å². The third-order valence-electron chi connectivity index (χ3n) is 6.89. The molecule has 1 saturated heterocycles. The zero-order chi connectivity index (χ0) is 29.3. The van der Waals surface area contributed by atoms with Gasteiger partial charge in [0, 0.05) is 42.4 Å². The van der Waals surface area contributed by atoms with Gasteiger partial charge < -0.3 is 14.1 Å². The fraction of sp³-hybridized carbons (Fsp3) is 0.207. The van der Waals surface area contributed by atoms with E-state index in [1.165, 1.54) is 23.3 Å². The Hall–Kier alpha value is -5.22. The first-order valence-electron chi connectivity index (χ1n) is 13.1. The molecule has 4 aromatic heterocycles. The number of amides is 1. The van der Waals surface area contributed by atoms with E-state index in [-0.39, 0.29) is 23.1 Å². The second-order valence-electron chi connectivity index (χ2n) is 9.87. The van der Waals surface area contributed by atoms with E-state index in [1.54, 1.807) is 12.3 Å².